The second-order valence-corrected chi connectivity index (χ2v) is 13.8. The number of aromatic nitrogens is 8. The van der Waals surface area contributed by atoms with Gasteiger partial charge >= 0.3 is 0 Å². The van der Waals surface area contributed by atoms with Crippen LogP contribution in [0.25, 0.3) is 33.8 Å². The number of fused-ring (bicyclic) bond motifs is 1. The summed E-state index contributed by atoms with van der Waals surface area (Å²) in [7, 11) is 0. The molecule has 264 valence electrons. The van der Waals surface area contributed by atoms with E-state index >= 15 is 0 Å². The van der Waals surface area contributed by atoms with Crippen molar-refractivity contribution in [3.8, 4) is 22.6 Å². The van der Waals surface area contributed by atoms with E-state index in [4.69, 9.17) is 20.3 Å². The summed E-state index contributed by atoms with van der Waals surface area (Å²) in [6.07, 6.45) is 0.837. The van der Waals surface area contributed by atoms with Crippen molar-refractivity contribution < 1.29 is 0 Å². The topological polar surface area (TPSA) is 79.2 Å². The number of hydrogen-bond acceptors (Lipinski definition) is 5. The van der Waals surface area contributed by atoms with Crippen molar-refractivity contribution in [2.24, 2.45) is 0 Å². The van der Waals surface area contributed by atoms with E-state index in [9.17, 15) is 0 Å². The summed E-state index contributed by atoms with van der Waals surface area (Å²) in [5, 5.41) is 14.0. The number of rotatable bonds is 10. The number of imidazole rings is 1. The Morgan fingerprint density at radius 1 is 0.642 bits per heavy atom. The summed E-state index contributed by atoms with van der Waals surface area (Å²) in [6, 6.07) is 42.8. The molecule has 0 bridgehead atoms. The van der Waals surface area contributed by atoms with Crippen LogP contribution in [0.5, 0.6) is 0 Å². The van der Waals surface area contributed by atoms with Gasteiger partial charge in [0.25, 0.3) is 0 Å². The van der Waals surface area contributed by atoms with Gasteiger partial charge in [0, 0.05) is 29.9 Å². The quantitative estimate of drug-likeness (QED) is 0.133. The fourth-order valence-corrected chi connectivity index (χ4v) is 7.98. The number of nitrogens with zero attached hydrogens (tertiary/aromatic N) is 8. The molecule has 0 N–H and O–H groups in total. The maximum atomic E-state index is 5.03. The Balaban J connectivity index is 1.28. The Labute approximate surface area is 310 Å². The Morgan fingerprint density at radius 2 is 1.23 bits per heavy atom. The molecule has 8 nitrogen and oxygen atoms in total. The molecule has 0 aliphatic heterocycles. The molecule has 8 heteroatoms. The SMILES string of the molecule is CCc1nc2c(C)c(C)c(C)nc2n1Cc1ccc(-c2c(-c3nnnn3C(c3ccccc3)(c3ccccc3)c3ccccc3)cc(C)n2CC)cc1. The molecule has 0 radical (unpaired) electrons. The highest BCUT2D eigenvalue weighted by Crippen LogP contribution is 2.44. The fourth-order valence-electron chi connectivity index (χ4n) is 7.98. The maximum Gasteiger partial charge on any atom is 0.185 e. The fraction of sp³-hybridized carbons (Fsp3) is 0.222. The molecule has 4 heterocycles. The highest BCUT2D eigenvalue weighted by atomic mass is 15.6. The molecule has 4 aromatic heterocycles. The lowest BCUT2D eigenvalue weighted by Gasteiger charge is -2.36. The van der Waals surface area contributed by atoms with Gasteiger partial charge in [0.15, 0.2) is 11.5 Å². The molecule has 0 atom stereocenters. The van der Waals surface area contributed by atoms with Crippen molar-refractivity contribution in [1.82, 2.24) is 39.3 Å². The van der Waals surface area contributed by atoms with Crippen LogP contribution in [0.1, 0.15) is 64.4 Å². The van der Waals surface area contributed by atoms with E-state index in [1.165, 1.54) is 16.7 Å². The summed E-state index contributed by atoms with van der Waals surface area (Å²) < 4.78 is 6.66. The lowest BCUT2D eigenvalue weighted by Crippen LogP contribution is -2.39. The third kappa shape index (κ3) is 5.57. The minimum Gasteiger partial charge on any atom is -0.345 e. The summed E-state index contributed by atoms with van der Waals surface area (Å²) in [6.45, 7) is 14.4. The van der Waals surface area contributed by atoms with Crippen LogP contribution in [0.2, 0.25) is 0 Å². The maximum absolute atomic E-state index is 5.03. The summed E-state index contributed by atoms with van der Waals surface area (Å²) in [5.74, 6) is 1.74. The van der Waals surface area contributed by atoms with E-state index in [2.05, 4.69) is 177 Å². The van der Waals surface area contributed by atoms with Crippen molar-refractivity contribution in [2.75, 3.05) is 0 Å². The molecular formula is C45H44N8. The first-order chi connectivity index (χ1) is 25.9. The van der Waals surface area contributed by atoms with E-state index in [0.29, 0.717) is 12.4 Å². The first-order valence-corrected chi connectivity index (χ1v) is 18.4. The average Bonchev–Trinajstić information content (AvgIpc) is 3.91. The highest BCUT2D eigenvalue weighted by molar-refractivity contribution is 5.81. The van der Waals surface area contributed by atoms with Crippen LogP contribution in [-0.4, -0.2) is 39.3 Å². The van der Waals surface area contributed by atoms with Crippen molar-refractivity contribution in [2.45, 2.75) is 66.6 Å². The van der Waals surface area contributed by atoms with Gasteiger partial charge in [0.1, 0.15) is 16.9 Å². The molecule has 0 aliphatic rings. The van der Waals surface area contributed by atoms with E-state index < -0.39 is 5.54 Å². The van der Waals surface area contributed by atoms with Gasteiger partial charge in [0.2, 0.25) is 0 Å². The molecule has 8 rings (SSSR count). The van der Waals surface area contributed by atoms with Gasteiger partial charge in [-0.1, -0.05) is 122 Å². The third-order valence-electron chi connectivity index (χ3n) is 10.9. The predicted molar refractivity (Wildman–Crippen MR) is 212 cm³/mol. The molecule has 8 aromatic rings. The highest BCUT2D eigenvalue weighted by Gasteiger charge is 2.42. The van der Waals surface area contributed by atoms with Gasteiger partial charge in [-0.3, -0.25) is 0 Å². The summed E-state index contributed by atoms with van der Waals surface area (Å²) in [5.41, 5.74) is 13.3. The first kappa shape index (κ1) is 34.0. The van der Waals surface area contributed by atoms with Gasteiger partial charge in [-0.15, -0.1) is 5.10 Å². The molecular weight excluding hydrogens is 653 g/mol. The van der Waals surface area contributed by atoms with E-state index in [1.807, 2.05) is 4.68 Å². The first-order valence-electron chi connectivity index (χ1n) is 18.4. The lowest BCUT2D eigenvalue weighted by molar-refractivity contribution is 0.451. The van der Waals surface area contributed by atoms with Crippen molar-refractivity contribution >= 4 is 11.2 Å². The van der Waals surface area contributed by atoms with Gasteiger partial charge in [-0.25, -0.2) is 14.6 Å². The zero-order chi connectivity index (χ0) is 36.7. The Morgan fingerprint density at radius 3 is 1.77 bits per heavy atom. The summed E-state index contributed by atoms with van der Waals surface area (Å²) in [4.78, 5) is 10.0. The molecule has 0 aliphatic carbocycles. The second-order valence-electron chi connectivity index (χ2n) is 13.8. The monoisotopic (exact) mass is 696 g/mol. The van der Waals surface area contributed by atoms with Crippen molar-refractivity contribution in [3.63, 3.8) is 0 Å². The summed E-state index contributed by atoms with van der Waals surface area (Å²) >= 11 is 0. The normalized spacial score (nSPS) is 11.8. The predicted octanol–water partition coefficient (Wildman–Crippen LogP) is 9.26. The Kier molecular flexibility index (Phi) is 8.82. The average molecular weight is 697 g/mol. The third-order valence-corrected chi connectivity index (χ3v) is 10.9. The van der Waals surface area contributed by atoms with Crippen LogP contribution >= 0.6 is 0 Å². The number of benzene rings is 4. The minimum atomic E-state index is -0.847. The molecule has 4 aromatic carbocycles. The molecule has 0 unspecified atom stereocenters. The zero-order valence-corrected chi connectivity index (χ0v) is 31.2. The van der Waals surface area contributed by atoms with Crippen LogP contribution in [-0.2, 0) is 25.0 Å². The van der Waals surface area contributed by atoms with Crippen LogP contribution in [0, 0.1) is 27.7 Å². The molecule has 0 saturated carbocycles. The molecule has 0 saturated heterocycles. The van der Waals surface area contributed by atoms with Crippen LogP contribution in [0.15, 0.2) is 121 Å². The Hall–Kier alpha value is -6.15. The van der Waals surface area contributed by atoms with Crippen molar-refractivity contribution in [3.05, 3.63) is 172 Å². The number of tetrazole rings is 1. The van der Waals surface area contributed by atoms with E-state index in [0.717, 1.165) is 74.9 Å². The van der Waals surface area contributed by atoms with E-state index in [-0.39, 0.29) is 0 Å². The Bertz CT molecular complexity index is 2430. The smallest absolute Gasteiger partial charge is 0.185 e. The number of pyridine rings is 1. The minimum absolute atomic E-state index is 0.695. The molecule has 0 fully saturated rings. The van der Waals surface area contributed by atoms with Gasteiger partial charge < -0.3 is 9.13 Å². The van der Waals surface area contributed by atoms with Crippen molar-refractivity contribution in [1.29, 1.82) is 0 Å². The number of aryl methyl sites for hydroxylation is 4. The molecule has 0 amide bonds. The van der Waals surface area contributed by atoms with Crippen LogP contribution in [0.4, 0.5) is 0 Å². The van der Waals surface area contributed by atoms with Gasteiger partial charge in [0.05, 0.1) is 12.2 Å². The zero-order valence-electron chi connectivity index (χ0n) is 31.2. The van der Waals surface area contributed by atoms with Crippen LogP contribution in [0.3, 0.4) is 0 Å². The lowest BCUT2D eigenvalue weighted by atomic mass is 9.77. The number of hydrogen-bond donors (Lipinski definition) is 0. The van der Waals surface area contributed by atoms with Gasteiger partial charge in [-0.05, 0) is 90.1 Å². The van der Waals surface area contributed by atoms with E-state index in [1.54, 1.807) is 0 Å². The van der Waals surface area contributed by atoms with Crippen LogP contribution < -0.4 is 0 Å². The largest absolute Gasteiger partial charge is 0.345 e. The standard InChI is InChI=1S/C45H44N8/c1-7-40-47-41-32(5)31(4)33(6)46-44(41)52(40)29-34-24-26-35(27-25-34)42-39(28-30(3)51(42)8-2)43-48-49-50-53(43)45(36-18-12-9-13-19-36,37-20-14-10-15-21-37)38-22-16-11-17-23-38/h9-28H,7-8,29H2,1-6H3. The van der Waals surface area contributed by atoms with Gasteiger partial charge in [-0.2, -0.15) is 0 Å². The molecule has 53 heavy (non-hydrogen) atoms. The molecule has 0 spiro atoms. The second kappa shape index (κ2) is 13.8.